The van der Waals surface area contributed by atoms with Crippen molar-refractivity contribution < 1.29 is 14.4 Å². The quantitative estimate of drug-likeness (QED) is 0.649. The fourth-order valence-corrected chi connectivity index (χ4v) is 3.06. The summed E-state index contributed by atoms with van der Waals surface area (Å²) in [5, 5.41) is 5.49. The number of nitrogens with two attached hydrogens (primary N) is 1. The summed E-state index contributed by atoms with van der Waals surface area (Å²) >= 11 is 0. The monoisotopic (exact) mass is 360 g/mol. The van der Waals surface area contributed by atoms with Gasteiger partial charge in [0, 0.05) is 18.2 Å². The van der Waals surface area contributed by atoms with Gasteiger partial charge in [0.15, 0.2) is 0 Å². The van der Waals surface area contributed by atoms with Crippen molar-refractivity contribution in [3.8, 4) is 0 Å². The van der Waals surface area contributed by atoms with E-state index in [4.69, 9.17) is 5.73 Å². The van der Waals surface area contributed by atoms with Crippen molar-refractivity contribution in [2.24, 2.45) is 11.7 Å². The van der Waals surface area contributed by atoms with Crippen molar-refractivity contribution in [2.45, 2.75) is 45.7 Å². The highest BCUT2D eigenvalue weighted by Gasteiger charge is 2.29. The summed E-state index contributed by atoms with van der Waals surface area (Å²) in [5.41, 5.74) is 7.08. The Labute approximate surface area is 154 Å². The first kappa shape index (κ1) is 19.9. The minimum absolute atomic E-state index is 0.0644. The van der Waals surface area contributed by atoms with Crippen LogP contribution in [0.4, 0.5) is 5.69 Å². The molecule has 0 aromatic heterocycles. The number of likely N-dealkylation sites (tertiary alicyclic amines) is 1. The normalized spacial score (nSPS) is 18.3. The van der Waals surface area contributed by atoms with E-state index in [1.807, 2.05) is 43.0 Å². The lowest BCUT2D eigenvalue weighted by atomic mass is 10.1. The van der Waals surface area contributed by atoms with Crippen molar-refractivity contribution in [1.82, 2.24) is 10.2 Å². The number of rotatable bonds is 8. The van der Waals surface area contributed by atoms with Gasteiger partial charge in [0.1, 0.15) is 0 Å². The van der Waals surface area contributed by atoms with Gasteiger partial charge < -0.3 is 16.4 Å². The standard InChI is InChI=1S/C19H28N4O3/c1-3-13(2)19(26)21-11-17(24)22-15-8-5-4-7-14(15)12-23-10-6-9-16(23)18(20)25/h4-5,7-8,13,16H,3,6,9-12H2,1-2H3,(H2,20,25)(H,21,26)(H,22,24). The lowest BCUT2D eigenvalue weighted by Crippen LogP contribution is -2.40. The molecule has 0 bridgehead atoms. The minimum atomic E-state index is -0.309. The van der Waals surface area contributed by atoms with E-state index in [-0.39, 0.29) is 36.2 Å². The number of hydrogen-bond acceptors (Lipinski definition) is 4. The zero-order valence-electron chi connectivity index (χ0n) is 15.5. The molecule has 1 saturated heterocycles. The number of carbonyl (C=O) groups is 3. The van der Waals surface area contributed by atoms with Crippen LogP contribution in [0, 0.1) is 5.92 Å². The van der Waals surface area contributed by atoms with Crippen LogP contribution in [0.15, 0.2) is 24.3 Å². The Balaban J connectivity index is 1.97. The van der Waals surface area contributed by atoms with E-state index in [1.54, 1.807) is 0 Å². The molecule has 142 valence electrons. The van der Waals surface area contributed by atoms with Crippen LogP contribution in [-0.2, 0) is 20.9 Å². The summed E-state index contributed by atoms with van der Waals surface area (Å²) < 4.78 is 0. The number of anilines is 1. The molecule has 4 N–H and O–H groups in total. The Morgan fingerprint density at radius 2 is 2.04 bits per heavy atom. The van der Waals surface area contributed by atoms with Gasteiger partial charge in [0.05, 0.1) is 12.6 Å². The number of nitrogens with one attached hydrogen (secondary N) is 2. The lowest BCUT2D eigenvalue weighted by molar-refractivity contribution is -0.126. The first-order valence-corrected chi connectivity index (χ1v) is 9.11. The molecule has 3 amide bonds. The van der Waals surface area contributed by atoms with Crippen LogP contribution in [-0.4, -0.2) is 41.8 Å². The lowest BCUT2D eigenvalue weighted by Gasteiger charge is -2.23. The molecule has 1 aromatic rings. The van der Waals surface area contributed by atoms with Crippen molar-refractivity contribution in [2.75, 3.05) is 18.4 Å². The van der Waals surface area contributed by atoms with Crippen molar-refractivity contribution in [1.29, 1.82) is 0 Å². The Morgan fingerprint density at radius 3 is 2.73 bits per heavy atom. The van der Waals surface area contributed by atoms with Gasteiger partial charge in [0.2, 0.25) is 17.7 Å². The predicted molar refractivity (Wildman–Crippen MR) is 100 cm³/mol. The maximum atomic E-state index is 12.2. The number of hydrogen-bond donors (Lipinski definition) is 3. The third kappa shape index (κ3) is 5.29. The molecule has 2 atom stereocenters. The van der Waals surface area contributed by atoms with Crippen LogP contribution in [0.25, 0.3) is 0 Å². The van der Waals surface area contributed by atoms with Gasteiger partial charge in [0.25, 0.3) is 0 Å². The molecule has 1 aromatic carbocycles. The van der Waals surface area contributed by atoms with Gasteiger partial charge in [-0.05, 0) is 37.4 Å². The molecule has 0 aliphatic carbocycles. The van der Waals surface area contributed by atoms with E-state index < -0.39 is 0 Å². The van der Waals surface area contributed by atoms with Gasteiger partial charge in [-0.3, -0.25) is 19.3 Å². The van der Waals surface area contributed by atoms with Crippen molar-refractivity contribution in [3.63, 3.8) is 0 Å². The summed E-state index contributed by atoms with van der Waals surface area (Å²) in [7, 11) is 0. The summed E-state index contributed by atoms with van der Waals surface area (Å²) in [5.74, 6) is -0.827. The summed E-state index contributed by atoms with van der Waals surface area (Å²) in [6.45, 7) is 5.04. The fraction of sp³-hybridized carbons (Fsp3) is 0.526. The Morgan fingerprint density at radius 1 is 1.31 bits per heavy atom. The highest BCUT2D eigenvalue weighted by Crippen LogP contribution is 2.23. The second kappa shape index (κ2) is 9.33. The Bertz CT molecular complexity index is 662. The maximum Gasteiger partial charge on any atom is 0.243 e. The van der Waals surface area contributed by atoms with E-state index in [1.165, 1.54) is 0 Å². The molecule has 7 nitrogen and oxygen atoms in total. The minimum Gasteiger partial charge on any atom is -0.368 e. The molecule has 2 unspecified atom stereocenters. The van der Waals surface area contributed by atoms with Gasteiger partial charge in [-0.2, -0.15) is 0 Å². The average molecular weight is 360 g/mol. The largest absolute Gasteiger partial charge is 0.368 e. The zero-order valence-corrected chi connectivity index (χ0v) is 15.5. The average Bonchev–Trinajstić information content (AvgIpc) is 3.09. The van der Waals surface area contributed by atoms with Crippen LogP contribution in [0.3, 0.4) is 0 Å². The molecular weight excluding hydrogens is 332 g/mol. The molecule has 1 aliphatic rings. The number of carbonyl (C=O) groups excluding carboxylic acids is 3. The van der Waals surface area contributed by atoms with E-state index in [9.17, 15) is 14.4 Å². The number of benzene rings is 1. The molecule has 1 aliphatic heterocycles. The van der Waals surface area contributed by atoms with Crippen molar-refractivity contribution in [3.05, 3.63) is 29.8 Å². The topological polar surface area (TPSA) is 105 Å². The molecule has 2 rings (SSSR count). The molecule has 0 radical (unpaired) electrons. The highest BCUT2D eigenvalue weighted by molar-refractivity contribution is 5.95. The van der Waals surface area contributed by atoms with E-state index in [2.05, 4.69) is 10.6 Å². The van der Waals surface area contributed by atoms with E-state index in [0.29, 0.717) is 12.2 Å². The first-order valence-electron chi connectivity index (χ1n) is 9.11. The smallest absolute Gasteiger partial charge is 0.243 e. The predicted octanol–water partition coefficient (Wildman–Crippen LogP) is 1.24. The Kier molecular flexibility index (Phi) is 7.15. The van der Waals surface area contributed by atoms with Gasteiger partial charge >= 0.3 is 0 Å². The zero-order chi connectivity index (χ0) is 19.1. The van der Waals surface area contributed by atoms with E-state index >= 15 is 0 Å². The third-order valence-electron chi connectivity index (χ3n) is 4.84. The van der Waals surface area contributed by atoms with E-state index in [0.717, 1.165) is 31.4 Å². The molecule has 26 heavy (non-hydrogen) atoms. The van der Waals surface area contributed by atoms with Gasteiger partial charge in [-0.15, -0.1) is 0 Å². The molecule has 7 heteroatoms. The second-order valence-corrected chi connectivity index (χ2v) is 6.76. The molecule has 0 saturated carbocycles. The van der Waals surface area contributed by atoms with Crippen LogP contribution < -0.4 is 16.4 Å². The number of primary amides is 1. The number of amides is 3. The summed E-state index contributed by atoms with van der Waals surface area (Å²) in [6.07, 6.45) is 2.43. The van der Waals surface area contributed by atoms with Crippen LogP contribution in [0.5, 0.6) is 0 Å². The maximum absolute atomic E-state index is 12.2. The highest BCUT2D eigenvalue weighted by atomic mass is 16.2. The Hall–Kier alpha value is -2.41. The third-order valence-corrected chi connectivity index (χ3v) is 4.84. The summed E-state index contributed by atoms with van der Waals surface area (Å²) in [6, 6.07) is 7.22. The molecule has 1 fully saturated rings. The van der Waals surface area contributed by atoms with Crippen LogP contribution in [0.2, 0.25) is 0 Å². The first-order chi connectivity index (χ1) is 12.4. The fourth-order valence-electron chi connectivity index (χ4n) is 3.06. The molecule has 1 heterocycles. The van der Waals surface area contributed by atoms with Gasteiger partial charge in [-0.25, -0.2) is 0 Å². The molecule has 0 spiro atoms. The van der Waals surface area contributed by atoms with Crippen LogP contribution in [0.1, 0.15) is 38.7 Å². The van der Waals surface area contributed by atoms with Gasteiger partial charge in [-0.1, -0.05) is 32.0 Å². The SMILES string of the molecule is CCC(C)C(=O)NCC(=O)Nc1ccccc1CN1CCCC1C(N)=O. The van der Waals surface area contributed by atoms with Crippen molar-refractivity contribution >= 4 is 23.4 Å². The molecular formula is C19H28N4O3. The number of para-hydroxylation sites is 1. The number of nitrogens with zero attached hydrogens (tertiary/aromatic N) is 1. The second-order valence-electron chi connectivity index (χ2n) is 6.76. The summed E-state index contributed by atoms with van der Waals surface area (Å²) in [4.78, 5) is 37.6. The van der Waals surface area contributed by atoms with Crippen LogP contribution >= 0.6 is 0 Å².